The number of hydrogen-bond acceptors (Lipinski definition) is 3. The molecule has 0 unspecified atom stereocenters. The average Bonchev–Trinajstić information content (AvgIpc) is 2.70. The van der Waals surface area contributed by atoms with Gasteiger partial charge in [-0.2, -0.15) is 0 Å². The molecule has 1 aromatic rings. The molecule has 5 heteroatoms. The minimum absolute atomic E-state index is 0.0341. The van der Waals surface area contributed by atoms with Crippen molar-refractivity contribution in [1.82, 2.24) is 9.47 Å². The molecule has 2 fully saturated rings. The predicted octanol–water partition coefficient (Wildman–Crippen LogP) is 2.28. The Balaban J connectivity index is 1.79. The van der Waals surface area contributed by atoms with Crippen molar-refractivity contribution in [1.29, 1.82) is 0 Å². The number of nitrogens with zero attached hydrogens (tertiary/aromatic N) is 2. The van der Waals surface area contributed by atoms with E-state index in [0.29, 0.717) is 6.04 Å². The molecule has 2 atom stereocenters. The number of aromatic nitrogens is 1. The highest BCUT2D eigenvalue weighted by Gasteiger charge is 2.50. The molecule has 23 heavy (non-hydrogen) atoms. The van der Waals surface area contributed by atoms with E-state index in [1.54, 1.807) is 18.3 Å². The van der Waals surface area contributed by atoms with Crippen LogP contribution in [0.15, 0.2) is 23.1 Å². The minimum atomic E-state index is -0.253. The van der Waals surface area contributed by atoms with Gasteiger partial charge >= 0.3 is 0 Å². The van der Waals surface area contributed by atoms with Gasteiger partial charge in [-0.15, -0.1) is 0 Å². The molecule has 0 radical (unpaired) electrons. The maximum atomic E-state index is 12.8. The van der Waals surface area contributed by atoms with Crippen LogP contribution < -0.4 is 10.3 Å². The molecule has 2 aliphatic rings. The Bertz CT molecular complexity index is 679. The van der Waals surface area contributed by atoms with Crippen LogP contribution in [0.2, 0.25) is 0 Å². The molecule has 3 rings (SSSR count). The Kier molecular flexibility index (Phi) is 3.77. The molecular weight excluding hydrogens is 292 g/mol. The van der Waals surface area contributed by atoms with Gasteiger partial charge in [-0.05, 0) is 42.2 Å². The Morgan fingerprint density at radius 1 is 1.35 bits per heavy atom. The van der Waals surface area contributed by atoms with Crippen molar-refractivity contribution in [3.63, 3.8) is 0 Å². The third kappa shape index (κ3) is 3.01. The Hall–Kier alpha value is -1.78. The molecule has 126 valence electrons. The zero-order valence-electron chi connectivity index (χ0n) is 14.5. The molecule has 0 spiro atoms. The van der Waals surface area contributed by atoms with Crippen molar-refractivity contribution >= 4 is 5.91 Å². The van der Waals surface area contributed by atoms with E-state index in [0.717, 1.165) is 25.8 Å². The van der Waals surface area contributed by atoms with Crippen LogP contribution in [-0.4, -0.2) is 35.1 Å². The van der Waals surface area contributed by atoms with E-state index in [9.17, 15) is 9.59 Å². The molecule has 0 N–H and O–H groups in total. The second-order valence-corrected chi connectivity index (χ2v) is 8.24. The van der Waals surface area contributed by atoms with Gasteiger partial charge in [-0.25, -0.2) is 0 Å². The largest absolute Gasteiger partial charge is 0.491 e. The monoisotopic (exact) mass is 318 g/mol. The summed E-state index contributed by atoms with van der Waals surface area (Å²) in [5.74, 6) is 0.306. The van der Waals surface area contributed by atoms with Crippen LogP contribution >= 0.6 is 0 Å². The van der Waals surface area contributed by atoms with Crippen LogP contribution in [-0.2, 0) is 11.3 Å². The second kappa shape index (κ2) is 5.39. The number of ether oxygens (including phenoxy) is 1. The average molecular weight is 318 g/mol. The van der Waals surface area contributed by atoms with E-state index in [1.807, 2.05) is 4.90 Å². The zero-order valence-corrected chi connectivity index (χ0v) is 14.5. The lowest BCUT2D eigenvalue weighted by Gasteiger charge is -2.39. The lowest BCUT2D eigenvalue weighted by Crippen LogP contribution is -2.40. The fourth-order valence-electron chi connectivity index (χ4n) is 4.78. The summed E-state index contributed by atoms with van der Waals surface area (Å²) in [6.45, 7) is 7.75. The van der Waals surface area contributed by atoms with Gasteiger partial charge in [0.2, 0.25) is 5.91 Å². The van der Waals surface area contributed by atoms with Gasteiger partial charge in [0.25, 0.3) is 5.56 Å². The van der Waals surface area contributed by atoms with Crippen LogP contribution in [0, 0.1) is 10.8 Å². The van der Waals surface area contributed by atoms with Crippen molar-refractivity contribution in [3.8, 4) is 5.75 Å². The molecular formula is C18H26N2O3. The summed E-state index contributed by atoms with van der Waals surface area (Å²) < 4.78 is 6.49. The molecule has 1 amide bonds. The van der Waals surface area contributed by atoms with Gasteiger partial charge in [-0.3, -0.25) is 9.59 Å². The number of methoxy groups -OCH3 is 1. The minimum Gasteiger partial charge on any atom is -0.491 e. The summed E-state index contributed by atoms with van der Waals surface area (Å²) >= 11 is 0. The number of carbonyl (C=O) groups excluding carboxylic acids is 1. The Morgan fingerprint density at radius 3 is 2.78 bits per heavy atom. The van der Waals surface area contributed by atoms with E-state index >= 15 is 0 Å². The first-order valence-electron chi connectivity index (χ1n) is 8.26. The van der Waals surface area contributed by atoms with Crippen molar-refractivity contribution in [3.05, 3.63) is 28.7 Å². The molecule has 1 saturated heterocycles. The van der Waals surface area contributed by atoms with Crippen LogP contribution in [0.3, 0.4) is 0 Å². The summed E-state index contributed by atoms with van der Waals surface area (Å²) in [5.41, 5.74) is 0.234. The normalized spacial score (nSPS) is 28.7. The summed E-state index contributed by atoms with van der Waals surface area (Å²) in [6, 6.07) is 3.66. The number of fused-ring (bicyclic) bond motifs is 2. The first-order chi connectivity index (χ1) is 10.7. The van der Waals surface area contributed by atoms with Gasteiger partial charge in [0.15, 0.2) is 5.75 Å². The topological polar surface area (TPSA) is 51.5 Å². The van der Waals surface area contributed by atoms with Crippen molar-refractivity contribution < 1.29 is 9.53 Å². The Morgan fingerprint density at radius 2 is 2.09 bits per heavy atom. The highest BCUT2D eigenvalue weighted by Crippen LogP contribution is 2.52. The first-order valence-corrected chi connectivity index (χ1v) is 8.26. The Labute approximate surface area is 137 Å². The summed E-state index contributed by atoms with van der Waals surface area (Å²) in [6.07, 6.45) is 4.92. The number of amides is 1. The fourth-order valence-corrected chi connectivity index (χ4v) is 4.78. The van der Waals surface area contributed by atoms with E-state index < -0.39 is 0 Å². The van der Waals surface area contributed by atoms with Gasteiger partial charge in [0.05, 0.1) is 7.11 Å². The predicted molar refractivity (Wildman–Crippen MR) is 88.5 cm³/mol. The number of carbonyl (C=O) groups is 1. The third-order valence-corrected chi connectivity index (χ3v) is 5.25. The van der Waals surface area contributed by atoms with Crippen LogP contribution in [0.4, 0.5) is 0 Å². The zero-order chi connectivity index (χ0) is 16.8. The van der Waals surface area contributed by atoms with E-state index in [1.165, 1.54) is 11.7 Å². The lowest BCUT2D eigenvalue weighted by atomic mass is 9.65. The van der Waals surface area contributed by atoms with Gasteiger partial charge in [-0.1, -0.05) is 20.8 Å². The van der Waals surface area contributed by atoms with E-state index in [4.69, 9.17) is 4.74 Å². The number of hydrogen-bond donors (Lipinski definition) is 0. The summed E-state index contributed by atoms with van der Waals surface area (Å²) in [7, 11) is 1.47. The molecule has 2 heterocycles. The van der Waals surface area contributed by atoms with Gasteiger partial charge in [0, 0.05) is 18.8 Å². The van der Waals surface area contributed by atoms with Crippen LogP contribution in [0.5, 0.6) is 5.75 Å². The van der Waals surface area contributed by atoms with Crippen LogP contribution in [0.25, 0.3) is 0 Å². The summed E-state index contributed by atoms with van der Waals surface area (Å²) in [4.78, 5) is 27.0. The van der Waals surface area contributed by atoms with E-state index in [2.05, 4.69) is 20.8 Å². The van der Waals surface area contributed by atoms with Crippen molar-refractivity contribution in [2.75, 3.05) is 13.7 Å². The highest BCUT2D eigenvalue weighted by atomic mass is 16.5. The standard InChI is InChI=1S/C18H26N2O3/c1-17(2)8-13-9-18(3,11-17)12-20(13)15(21)10-19-7-5-6-14(23-4)16(19)22/h5-7,13H,8-12H2,1-4H3/t13-,18-/m1/s1. The van der Waals surface area contributed by atoms with Crippen molar-refractivity contribution in [2.45, 2.75) is 52.6 Å². The first kappa shape index (κ1) is 16.1. The SMILES string of the molecule is COc1cccn(CC(=O)N2C[C@]3(C)C[C@H]2CC(C)(C)C3)c1=O. The molecule has 1 aliphatic carbocycles. The lowest BCUT2D eigenvalue weighted by molar-refractivity contribution is -0.133. The summed E-state index contributed by atoms with van der Waals surface area (Å²) in [5, 5.41) is 0. The smallest absolute Gasteiger partial charge is 0.293 e. The van der Waals surface area contributed by atoms with Crippen LogP contribution in [0.1, 0.15) is 40.0 Å². The number of likely N-dealkylation sites (tertiary alicyclic amines) is 1. The second-order valence-electron chi connectivity index (χ2n) is 8.24. The fraction of sp³-hybridized carbons (Fsp3) is 0.667. The van der Waals surface area contributed by atoms with E-state index in [-0.39, 0.29) is 34.6 Å². The molecule has 1 aliphatic heterocycles. The molecule has 1 saturated carbocycles. The molecule has 1 aromatic heterocycles. The molecule has 0 aromatic carbocycles. The van der Waals surface area contributed by atoms with Gasteiger partial charge in [0.1, 0.15) is 6.54 Å². The molecule has 5 nitrogen and oxygen atoms in total. The highest BCUT2D eigenvalue weighted by molar-refractivity contribution is 5.77. The van der Waals surface area contributed by atoms with Gasteiger partial charge < -0.3 is 14.2 Å². The number of pyridine rings is 1. The third-order valence-electron chi connectivity index (χ3n) is 5.25. The maximum absolute atomic E-state index is 12.8. The maximum Gasteiger partial charge on any atom is 0.293 e. The molecule has 2 bridgehead atoms. The quantitative estimate of drug-likeness (QED) is 0.859. The number of rotatable bonds is 3. The van der Waals surface area contributed by atoms with Crippen molar-refractivity contribution in [2.24, 2.45) is 10.8 Å².